The molecular formula is C19H25N3O2. The van der Waals surface area contributed by atoms with E-state index in [1.807, 2.05) is 28.8 Å². The quantitative estimate of drug-likeness (QED) is 0.937. The van der Waals surface area contributed by atoms with Crippen LogP contribution in [0.3, 0.4) is 0 Å². The molecule has 1 saturated carbocycles. The van der Waals surface area contributed by atoms with Crippen molar-refractivity contribution < 1.29 is 9.53 Å². The molecule has 0 spiro atoms. The predicted molar refractivity (Wildman–Crippen MR) is 92.7 cm³/mol. The maximum absolute atomic E-state index is 12.6. The third kappa shape index (κ3) is 3.18. The second-order valence-electron chi connectivity index (χ2n) is 6.95. The number of ether oxygens (including phenoxy) is 1. The number of carbonyl (C=O) groups is 1. The number of nitrogens with zero attached hydrogens (tertiary/aromatic N) is 2. The van der Waals surface area contributed by atoms with E-state index >= 15 is 0 Å². The Labute approximate surface area is 142 Å². The number of imidazole rings is 1. The van der Waals surface area contributed by atoms with Crippen LogP contribution in [0.2, 0.25) is 0 Å². The van der Waals surface area contributed by atoms with E-state index < -0.39 is 0 Å². The van der Waals surface area contributed by atoms with Crippen LogP contribution in [-0.4, -0.2) is 28.1 Å². The van der Waals surface area contributed by atoms with Crippen molar-refractivity contribution in [1.29, 1.82) is 0 Å². The largest absolute Gasteiger partial charge is 0.370 e. The summed E-state index contributed by atoms with van der Waals surface area (Å²) in [6.07, 6.45) is 8.00. The summed E-state index contributed by atoms with van der Waals surface area (Å²) in [7, 11) is 0. The van der Waals surface area contributed by atoms with Crippen molar-refractivity contribution in [2.45, 2.75) is 63.6 Å². The van der Waals surface area contributed by atoms with Gasteiger partial charge in [-0.2, -0.15) is 0 Å². The number of aromatic nitrogens is 2. The van der Waals surface area contributed by atoms with E-state index in [4.69, 9.17) is 9.72 Å². The third-order valence-corrected chi connectivity index (χ3v) is 5.17. The molecule has 0 unspecified atom stereocenters. The molecule has 2 fully saturated rings. The van der Waals surface area contributed by atoms with E-state index in [1.165, 1.54) is 19.3 Å². The Bertz CT molecular complexity index is 712. The normalized spacial score (nSPS) is 22.1. The van der Waals surface area contributed by atoms with Gasteiger partial charge >= 0.3 is 0 Å². The topological polar surface area (TPSA) is 56.2 Å². The number of benzene rings is 1. The average molecular weight is 327 g/mol. The second-order valence-corrected chi connectivity index (χ2v) is 6.95. The number of hydrogen-bond donors (Lipinski definition) is 1. The number of carbonyl (C=O) groups excluding carboxylic acids is 1. The summed E-state index contributed by atoms with van der Waals surface area (Å²) < 4.78 is 7.87. The van der Waals surface area contributed by atoms with Gasteiger partial charge < -0.3 is 14.6 Å². The van der Waals surface area contributed by atoms with E-state index in [-0.39, 0.29) is 12.0 Å². The maximum Gasteiger partial charge on any atom is 0.240 e. The van der Waals surface area contributed by atoms with Crippen molar-refractivity contribution in [1.82, 2.24) is 14.9 Å². The minimum atomic E-state index is 0.0138. The average Bonchev–Trinajstić information content (AvgIpc) is 3.24. The van der Waals surface area contributed by atoms with E-state index in [0.717, 1.165) is 49.1 Å². The maximum atomic E-state index is 12.6. The smallest absolute Gasteiger partial charge is 0.240 e. The lowest BCUT2D eigenvalue weighted by atomic mass is 9.95. The van der Waals surface area contributed by atoms with E-state index in [1.54, 1.807) is 0 Å². The minimum absolute atomic E-state index is 0.0138. The molecule has 0 radical (unpaired) electrons. The molecule has 128 valence electrons. The first-order valence-electron chi connectivity index (χ1n) is 9.17. The summed E-state index contributed by atoms with van der Waals surface area (Å²) >= 11 is 0. The minimum Gasteiger partial charge on any atom is -0.370 e. The molecule has 2 aromatic rings. The van der Waals surface area contributed by atoms with E-state index in [9.17, 15) is 4.79 Å². The van der Waals surface area contributed by atoms with Crippen LogP contribution in [0.5, 0.6) is 0 Å². The molecule has 5 nitrogen and oxygen atoms in total. The van der Waals surface area contributed by atoms with Crippen LogP contribution in [0.4, 0.5) is 0 Å². The van der Waals surface area contributed by atoms with Gasteiger partial charge in [-0.3, -0.25) is 4.79 Å². The SMILES string of the molecule is O=C(Cn1c([C@H]2CCCO2)nc2ccccc21)NC1CCCCC1. The molecule has 1 aromatic carbocycles. The zero-order valence-corrected chi connectivity index (χ0v) is 14.0. The van der Waals surface area contributed by atoms with Gasteiger partial charge in [0.1, 0.15) is 18.5 Å². The van der Waals surface area contributed by atoms with Gasteiger partial charge in [0.15, 0.2) is 0 Å². The summed E-state index contributed by atoms with van der Waals surface area (Å²) in [4.78, 5) is 17.3. The van der Waals surface area contributed by atoms with Crippen LogP contribution in [-0.2, 0) is 16.1 Å². The van der Waals surface area contributed by atoms with Gasteiger partial charge in [0, 0.05) is 12.6 Å². The van der Waals surface area contributed by atoms with Crippen molar-refractivity contribution in [3.63, 3.8) is 0 Å². The Kier molecular flexibility index (Phi) is 4.52. The number of nitrogens with one attached hydrogen (secondary N) is 1. The van der Waals surface area contributed by atoms with Crippen LogP contribution >= 0.6 is 0 Å². The predicted octanol–water partition coefficient (Wildman–Crippen LogP) is 3.34. The van der Waals surface area contributed by atoms with Crippen molar-refractivity contribution >= 4 is 16.9 Å². The molecule has 0 bridgehead atoms. The molecule has 24 heavy (non-hydrogen) atoms. The summed E-state index contributed by atoms with van der Waals surface area (Å²) in [5.41, 5.74) is 1.95. The van der Waals surface area contributed by atoms with Crippen LogP contribution in [0.15, 0.2) is 24.3 Å². The molecule has 1 amide bonds. The standard InChI is InChI=1S/C19H25N3O2/c23-18(20-14-7-2-1-3-8-14)13-22-16-10-5-4-9-15(16)21-19(22)17-11-6-12-24-17/h4-5,9-10,14,17H,1-3,6-8,11-13H2,(H,20,23)/t17-/m1/s1. The molecule has 2 aliphatic rings. The molecule has 1 saturated heterocycles. The zero-order chi connectivity index (χ0) is 16.4. The highest BCUT2D eigenvalue weighted by Crippen LogP contribution is 2.30. The van der Waals surface area contributed by atoms with Gasteiger partial charge in [0.25, 0.3) is 0 Å². The lowest BCUT2D eigenvalue weighted by molar-refractivity contribution is -0.122. The highest BCUT2D eigenvalue weighted by Gasteiger charge is 2.26. The van der Waals surface area contributed by atoms with Crippen molar-refractivity contribution in [2.24, 2.45) is 0 Å². The van der Waals surface area contributed by atoms with Gasteiger partial charge in [-0.05, 0) is 37.8 Å². The molecule has 1 aromatic heterocycles. The van der Waals surface area contributed by atoms with Crippen molar-refractivity contribution in [3.8, 4) is 0 Å². The number of amides is 1. The first-order valence-corrected chi connectivity index (χ1v) is 9.17. The number of fused-ring (bicyclic) bond motifs is 1. The van der Waals surface area contributed by atoms with Crippen LogP contribution in [0.25, 0.3) is 11.0 Å². The fraction of sp³-hybridized carbons (Fsp3) is 0.579. The van der Waals surface area contributed by atoms with Gasteiger partial charge in [0.2, 0.25) is 5.91 Å². The third-order valence-electron chi connectivity index (χ3n) is 5.17. The van der Waals surface area contributed by atoms with Crippen LogP contribution in [0.1, 0.15) is 56.9 Å². The molecule has 1 aliphatic heterocycles. The first-order chi connectivity index (χ1) is 11.8. The van der Waals surface area contributed by atoms with Gasteiger partial charge in [-0.1, -0.05) is 31.4 Å². The van der Waals surface area contributed by atoms with Crippen LogP contribution in [0, 0.1) is 0 Å². The van der Waals surface area contributed by atoms with E-state index in [2.05, 4.69) is 5.32 Å². The summed E-state index contributed by atoms with van der Waals surface area (Å²) in [5.74, 6) is 0.983. The van der Waals surface area contributed by atoms with Crippen molar-refractivity contribution in [3.05, 3.63) is 30.1 Å². The Hall–Kier alpha value is -1.88. The molecule has 1 atom stereocenters. The Balaban J connectivity index is 1.57. The van der Waals surface area contributed by atoms with E-state index in [0.29, 0.717) is 12.6 Å². The molecular weight excluding hydrogens is 302 g/mol. The zero-order valence-electron chi connectivity index (χ0n) is 14.0. The highest BCUT2D eigenvalue weighted by molar-refractivity contribution is 5.81. The highest BCUT2D eigenvalue weighted by atomic mass is 16.5. The summed E-state index contributed by atoms with van der Waals surface area (Å²) in [6.45, 7) is 1.11. The Morgan fingerprint density at radius 1 is 1.17 bits per heavy atom. The summed E-state index contributed by atoms with van der Waals surface area (Å²) in [5, 5.41) is 3.21. The molecule has 2 heterocycles. The van der Waals surface area contributed by atoms with Crippen molar-refractivity contribution in [2.75, 3.05) is 6.61 Å². The molecule has 4 rings (SSSR count). The van der Waals surface area contributed by atoms with Gasteiger partial charge in [-0.15, -0.1) is 0 Å². The second kappa shape index (κ2) is 6.93. The van der Waals surface area contributed by atoms with Gasteiger partial charge in [0.05, 0.1) is 11.0 Å². The Morgan fingerprint density at radius 2 is 2.00 bits per heavy atom. The lowest BCUT2D eigenvalue weighted by Gasteiger charge is -2.23. The fourth-order valence-corrected chi connectivity index (χ4v) is 3.95. The monoisotopic (exact) mass is 327 g/mol. The first kappa shape index (κ1) is 15.6. The number of hydrogen-bond acceptors (Lipinski definition) is 3. The summed E-state index contributed by atoms with van der Waals surface area (Å²) in [6, 6.07) is 8.37. The van der Waals surface area contributed by atoms with Gasteiger partial charge in [-0.25, -0.2) is 4.98 Å². The lowest BCUT2D eigenvalue weighted by Crippen LogP contribution is -2.38. The Morgan fingerprint density at radius 3 is 2.79 bits per heavy atom. The number of para-hydroxylation sites is 2. The molecule has 1 N–H and O–H groups in total. The molecule has 1 aliphatic carbocycles. The number of rotatable bonds is 4. The molecule has 5 heteroatoms. The van der Waals surface area contributed by atoms with Crippen LogP contribution < -0.4 is 5.32 Å². The fourth-order valence-electron chi connectivity index (χ4n) is 3.95.